The van der Waals surface area contributed by atoms with Crippen molar-refractivity contribution in [1.82, 2.24) is 4.57 Å². The zero-order valence-corrected chi connectivity index (χ0v) is 32.9. The first-order chi connectivity index (χ1) is 24.0. The number of para-hydroxylation sites is 2. The molecule has 0 unspecified atom stereocenters. The minimum absolute atomic E-state index is 0.224. The van der Waals surface area contributed by atoms with Gasteiger partial charge >= 0.3 is 53.5 Å². The smallest absolute Gasteiger partial charge is 0.0532 e. The first-order valence-corrected chi connectivity index (χ1v) is 29.9. The Kier molecular flexibility index (Phi) is 9.55. The summed E-state index contributed by atoms with van der Waals surface area (Å²) in [6.07, 6.45) is 5.44. The van der Waals surface area contributed by atoms with Gasteiger partial charge in [-0.05, 0) is 55.2 Å². The third-order valence-corrected chi connectivity index (χ3v) is 29.7. The van der Waals surface area contributed by atoms with Gasteiger partial charge in [-0.15, -0.1) is 69.1 Å². The zero-order valence-electron chi connectivity index (χ0n) is 28.0. The fraction of sp³-hybridized carbons (Fsp3) is 0.182. The van der Waals surface area contributed by atoms with Gasteiger partial charge in [0.05, 0.1) is 11.0 Å². The number of benzene rings is 5. The van der Waals surface area contributed by atoms with Crippen molar-refractivity contribution in [3.8, 4) is 16.8 Å². The summed E-state index contributed by atoms with van der Waals surface area (Å²) >= 11 is -1.65. The Hall–Kier alpha value is -3.20. The second-order valence-corrected chi connectivity index (χ2v) is 36.7. The van der Waals surface area contributed by atoms with E-state index in [1.54, 1.807) is 0 Å². The number of rotatable bonds is 4. The van der Waals surface area contributed by atoms with Gasteiger partial charge in [-0.3, -0.25) is 0 Å². The molecule has 1 heterocycles. The van der Waals surface area contributed by atoms with E-state index in [0.717, 1.165) is 11.8 Å². The van der Waals surface area contributed by atoms with E-state index in [-0.39, 0.29) is 5.43 Å². The molecule has 0 aliphatic heterocycles. The monoisotopic (exact) mass is 769 g/mol. The standard InChI is InChI=1S/C24H18N.C18H15.C2H6Si.2ClH.Zr/c1-3-9-22-19(7-1)20-8-2-4-10-23(20)25(22)24-11-5-6-17-14-18(15-21(17)24)16-12-13-16;1-2-5-14(6-3-1)17-8-4-7-15-11-16(12-18(15)17)13-9-10-13;1-3-2;;;/h1-11,14-16H,12-13H2;1-8,11-13H,9-10H2;1-2H3;2*1H;/q2*-1;;;;+2/p-2. The summed E-state index contributed by atoms with van der Waals surface area (Å²) in [5.74, 6) is 1.62. The Balaban J connectivity index is 0.000000127. The van der Waals surface area contributed by atoms with Crippen LogP contribution in [-0.4, -0.2) is 10.0 Å². The van der Waals surface area contributed by atoms with Gasteiger partial charge < -0.3 is 4.57 Å². The Morgan fingerprint density at radius 1 is 0.571 bits per heavy atom. The summed E-state index contributed by atoms with van der Waals surface area (Å²) in [7, 11) is 11.2. The van der Waals surface area contributed by atoms with E-state index in [0.29, 0.717) is 0 Å². The molecule has 2 fully saturated rings. The van der Waals surface area contributed by atoms with Gasteiger partial charge in [-0.25, -0.2) is 0 Å². The molecule has 0 bridgehead atoms. The fourth-order valence-electron chi connectivity index (χ4n) is 7.05. The van der Waals surface area contributed by atoms with Crippen molar-refractivity contribution in [2.24, 2.45) is 0 Å². The normalized spacial score (nSPS) is 14.0. The molecule has 2 saturated carbocycles. The summed E-state index contributed by atoms with van der Waals surface area (Å²) in [5.41, 5.74) is 9.36. The van der Waals surface area contributed by atoms with Crippen LogP contribution in [0.4, 0.5) is 0 Å². The maximum Gasteiger partial charge on any atom is 0.0532 e. The van der Waals surface area contributed by atoms with Crippen LogP contribution < -0.4 is 0 Å². The van der Waals surface area contributed by atoms with Gasteiger partial charge in [0, 0.05) is 16.5 Å². The number of nitrogens with zero attached hydrogens (tertiary/aromatic N) is 1. The average molecular weight is 772 g/mol. The summed E-state index contributed by atoms with van der Waals surface area (Å²) in [6.45, 7) is 4.33. The molecule has 1 aromatic heterocycles. The van der Waals surface area contributed by atoms with Crippen molar-refractivity contribution < 1.29 is 18.0 Å². The molecule has 0 N–H and O–H groups in total. The quantitative estimate of drug-likeness (QED) is 0.124. The molecule has 5 heteroatoms. The molecule has 2 aliphatic rings. The minimum atomic E-state index is -1.65. The number of aromatic nitrogens is 1. The van der Waals surface area contributed by atoms with Gasteiger partial charge in [-0.1, -0.05) is 84.4 Å². The molecule has 7 aromatic carbocycles. The summed E-state index contributed by atoms with van der Waals surface area (Å²) in [4.78, 5) is 0. The molecule has 10 rings (SSSR count). The molecule has 0 radical (unpaired) electrons. The Bertz CT molecular complexity index is 2390. The molecule has 0 spiro atoms. The molecule has 0 atom stereocenters. The predicted molar refractivity (Wildman–Crippen MR) is 212 cm³/mol. The molecule has 49 heavy (non-hydrogen) atoms. The first-order valence-electron chi connectivity index (χ1n) is 17.4. The van der Waals surface area contributed by atoms with Crippen molar-refractivity contribution in [2.45, 2.75) is 50.6 Å². The van der Waals surface area contributed by atoms with E-state index in [1.165, 1.54) is 97.0 Å². The summed E-state index contributed by atoms with van der Waals surface area (Å²) in [6, 6.07) is 51.1. The van der Waals surface area contributed by atoms with Crippen molar-refractivity contribution in [3.05, 3.63) is 151 Å². The van der Waals surface area contributed by atoms with Gasteiger partial charge in [0.1, 0.15) is 0 Å². The van der Waals surface area contributed by atoms with Crippen LogP contribution >= 0.6 is 17.0 Å². The zero-order chi connectivity index (χ0) is 33.5. The van der Waals surface area contributed by atoms with Gasteiger partial charge in [0.2, 0.25) is 0 Å². The Labute approximate surface area is 304 Å². The van der Waals surface area contributed by atoms with E-state index in [1.807, 2.05) is 0 Å². The van der Waals surface area contributed by atoms with Crippen LogP contribution in [-0.2, 0) is 18.0 Å². The number of hydrogen-bond acceptors (Lipinski definition) is 0. The number of fused-ring (bicyclic) bond motifs is 5. The van der Waals surface area contributed by atoms with Crippen LogP contribution in [0.25, 0.3) is 60.2 Å². The van der Waals surface area contributed by atoms with Crippen molar-refractivity contribution >= 4 is 65.8 Å². The SMILES string of the molecule is C[Si](C)=[Zr]([Cl])[Cl].c1cc(-n2c3ccccc3c3ccccc32)c2cc(C3CC3)[cH-]c2c1.c1ccc(-c2cccc3[cH-]c(C4CC4)cc23)cc1. The Morgan fingerprint density at radius 2 is 1.06 bits per heavy atom. The van der Waals surface area contributed by atoms with Crippen LogP contribution in [0.5, 0.6) is 0 Å². The van der Waals surface area contributed by atoms with Crippen LogP contribution in [0.15, 0.2) is 140 Å². The molecule has 2 aliphatic carbocycles. The number of hydrogen-bond donors (Lipinski definition) is 0. The molecule has 0 amide bonds. The average Bonchev–Trinajstić information content (AvgIpc) is 4.05. The van der Waals surface area contributed by atoms with E-state index < -0.39 is 18.0 Å². The van der Waals surface area contributed by atoms with Gasteiger partial charge in [0.15, 0.2) is 0 Å². The minimum Gasteiger partial charge on any atom is -0.318 e. The van der Waals surface area contributed by atoms with E-state index >= 15 is 0 Å². The predicted octanol–water partition coefficient (Wildman–Crippen LogP) is 13.8. The van der Waals surface area contributed by atoms with E-state index in [2.05, 4.69) is 157 Å². The van der Waals surface area contributed by atoms with Crippen molar-refractivity contribution in [2.75, 3.05) is 0 Å². The van der Waals surface area contributed by atoms with Crippen molar-refractivity contribution in [3.63, 3.8) is 0 Å². The molecular formula is C44H39Cl2NSiZr-2. The van der Waals surface area contributed by atoms with E-state index in [4.69, 9.17) is 17.0 Å². The van der Waals surface area contributed by atoms with Gasteiger partial charge in [-0.2, -0.15) is 12.1 Å². The topological polar surface area (TPSA) is 4.93 Å². The van der Waals surface area contributed by atoms with Crippen LogP contribution in [0.1, 0.15) is 48.6 Å². The largest absolute Gasteiger partial charge is 0.318 e. The molecule has 244 valence electrons. The third-order valence-electron chi connectivity index (χ3n) is 9.90. The maximum atomic E-state index is 5.62. The summed E-state index contributed by atoms with van der Waals surface area (Å²) < 4.78 is 2.43. The first kappa shape index (κ1) is 33.0. The molecule has 1 nitrogen and oxygen atoms in total. The second-order valence-electron chi connectivity index (χ2n) is 13.7. The molecule has 8 aromatic rings. The van der Waals surface area contributed by atoms with E-state index in [9.17, 15) is 0 Å². The third kappa shape index (κ3) is 6.93. The van der Waals surface area contributed by atoms with Crippen LogP contribution in [0, 0.1) is 0 Å². The maximum absolute atomic E-state index is 5.62. The number of halogens is 2. The Morgan fingerprint density at radius 3 is 1.61 bits per heavy atom. The molecule has 0 saturated heterocycles. The van der Waals surface area contributed by atoms with Crippen molar-refractivity contribution in [1.29, 1.82) is 0 Å². The van der Waals surface area contributed by atoms with Crippen LogP contribution in [0.2, 0.25) is 13.1 Å². The second kappa shape index (κ2) is 14.2. The van der Waals surface area contributed by atoms with Crippen LogP contribution in [0.3, 0.4) is 0 Å². The van der Waals surface area contributed by atoms with Gasteiger partial charge in [0.25, 0.3) is 0 Å². The fourth-order valence-corrected chi connectivity index (χ4v) is 7.05. The molecular weight excluding hydrogens is 733 g/mol. The summed E-state index contributed by atoms with van der Waals surface area (Å²) in [5, 5.41) is 8.18.